The smallest absolute Gasteiger partial charge is 0.225 e. The van der Waals surface area contributed by atoms with Crippen molar-refractivity contribution < 1.29 is 13.2 Å². The number of piperidine rings is 2. The zero-order chi connectivity index (χ0) is 19.7. The van der Waals surface area contributed by atoms with E-state index in [4.69, 9.17) is 0 Å². The molecule has 4 rings (SSSR count). The second-order valence-electron chi connectivity index (χ2n) is 9.17. The summed E-state index contributed by atoms with van der Waals surface area (Å²) in [5, 5.41) is 4.93. The molecule has 1 amide bonds. The van der Waals surface area contributed by atoms with Crippen molar-refractivity contribution in [3.63, 3.8) is 0 Å². The highest BCUT2D eigenvalue weighted by Crippen LogP contribution is 2.39. The van der Waals surface area contributed by atoms with E-state index in [0.717, 1.165) is 64.5 Å². The number of carbonyl (C=O) groups excluding carboxylic acids is 1. The van der Waals surface area contributed by atoms with Gasteiger partial charge in [0.2, 0.25) is 15.9 Å². The summed E-state index contributed by atoms with van der Waals surface area (Å²) in [7, 11) is -1.40. The molecule has 4 aliphatic rings. The van der Waals surface area contributed by atoms with Gasteiger partial charge in [-0.3, -0.25) is 10.2 Å². The van der Waals surface area contributed by atoms with Crippen molar-refractivity contribution in [3.8, 4) is 0 Å². The van der Waals surface area contributed by atoms with Crippen LogP contribution < -0.4 is 10.7 Å². The van der Waals surface area contributed by atoms with Crippen LogP contribution in [0.4, 0.5) is 0 Å². The summed E-state index contributed by atoms with van der Waals surface area (Å²) in [6.45, 7) is 3.09. The second kappa shape index (κ2) is 8.58. The summed E-state index contributed by atoms with van der Waals surface area (Å²) in [6.07, 6.45) is 9.12. The molecule has 2 N–H and O–H groups in total. The van der Waals surface area contributed by atoms with Crippen LogP contribution in [0.2, 0.25) is 0 Å². The number of hydrogen-bond donors (Lipinski definition) is 2. The zero-order valence-electron chi connectivity index (χ0n) is 17.1. The van der Waals surface area contributed by atoms with E-state index in [1.165, 1.54) is 6.42 Å². The van der Waals surface area contributed by atoms with E-state index in [2.05, 4.69) is 15.8 Å². The molecule has 0 aromatic heterocycles. The molecule has 0 bridgehead atoms. The summed E-state index contributed by atoms with van der Waals surface area (Å²) >= 11 is 0. The summed E-state index contributed by atoms with van der Waals surface area (Å²) in [5.41, 5.74) is 3.40. The van der Waals surface area contributed by atoms with Crippen LogP contribution in [-0.2, 0) is 14.8 Å². The zero-order valence-corrected chi connectivity index (χ0v) is 17.9. The number of carbonyl (C=O) groups is 1. The Balaban J connectivity index is 1.33. The lowest BCUT2D eigenvalue weighted by Crippen LogP contribution is -2.49. The van der Waals surface area contributed by atoms with Gasteiger partial charge in [0.1, 0.15) is 0 Å². The maximum absolute atomic E-state index is 13.0. The first-order valence-corrected chi connectivity index (χ1v) is 12.7. The van der Waals surface area contributed by atoms with Gasteiger partial charge in [0.25, 0.3) is 0 Å². The van der Waals surface area contributed by atoms with Crippen molar-refractivity contribution in [2.24, 2.45) is 17.8 Å². The predicted octanol–water partition coefficient (Wildman–Crippen LogP) is 1.32. The molecule has 3 heterocycles. The minimum atomic E-state index is -3.11. The summed E-state index contributed by atoms with van der Waals surface area (Å²) < 4.78 is 27.8. The summed E-state index contributed by atoms with van der Waals surface area (Å²) in [6, 6.07) is 0.280. The number of fused-ring (bicyclic) bond motifs is 1. The Morgan fingerprint density at radius 3 is 2.32 bits per heavy atom. The van der Waals surface area contributed by atoms with Crippen molar-refractivity contribution >= 4 is 15.9 Å². The van der Waals surface area contributed by atoms with Gasteiger partial charge in [-0.2, -0.15) is 0 Å². The third-order valence-electron chi connectivity index (χ3n) is 7.75. The molecule has 1 aliphatic carbocycles. The van der Waals surface area contributed by atoms with E-state index < -0.39 is 10.0 Å². The van der Waals surface area contributed by atoms with E-state index in [0.29, 0.717) is 24.9 Å². The molecule has 3 saturated heterocycles. The fourth-order valence-electron chi connectivity index (χ4n) is 6.01. The van der Waals surface area contributed by atoms with Crippen molar-refractivity contribution in [1.82, 2.24) is 20.1 Å². The van der Waals surface area contributed by atoms with Crippen molar-refractivity contribution in [3.05, 3.63) is 0 Å². The minimum Gasteiger partial charge on any atom is -0.359 e. The van der Waals surface area contributed by atoms with Gasteiger partial charge in [0, 0.05) is 39.3 Å². The summed E-state index contributed by atoms with van der Waals surface area (Å²) in [4.78, 5) is 12.2. The quantitative estimate of drug-likeness (QED) is 0.728. The molecule has 0 aromatic rings. The number of hydrazine groups is 1. The standard InChI is InChI=1S/C20H36N4O3S/c1-21-20(25)18-14-22-24-12-9-16(13-19(18)24)15-7-10-23(11-8-15)28(26,27)17-5-3-2-4-6-17/h15-19,22H,2-14H2,1H3,(H,21,25). The lowest BCUT2D eigenvalue weighted by Gasteiger charge is -2.42. The van der Waals surface area contributed by atoms with Crippen molar-refractivity contribution in [2.45, 2.75) is 69.1 Å². The maximum Gasteiger partial charge on any atom is 0.225 e. The van der Waals surface area contributed by atoms with Crippen LogP contribution >= 0.6 is 0 Å². The highest BCUT2D eigenvalue weighted by molar-refractivity contribution is 7.89. The average Bonchev–Trinajstić information content (AvgIpc) is 3.17. The maximum atomic E-state index is 13.0. The number of amides is 1. The van der Waals surface area contributed by atoms with E-state index in [9.17, 15) is 13.2 Å². The second-order valence-corrected chi connectivity index (χ2v) is 11.4. The number of sulfonamides is 1. The van der Waals surface area contributed by atoms with E-state index >= 15 is 0 Å². The molecule has 3 unspecified atom stereocenters. The molecule has 8 heteroatoms. The van der Waals surface area contributed by atoms with Crippen LogP contribution in [-0.4, -0.2) is 68.2 Å². The molecule has 1 saturated carbocycles. The Bertz CT molecular complexity index is 656. The molecule has 3 aliphatic heterocycles. The molecular weight excluding hydrogens is 376 g/mol. The normalized spacial score (nSPS) is 34.2. The highest BCUT2D eigenvalue weighted by atomic mass is 32.2. The van der Waals surface area contributed by atoms with Crippen LogP contribution in [0.1, 0.15) is 57.8 Å². The van der Waals surface area contributed by atoms with Gasteiger partial charge in [-0.05, 0) is 50.4 Å². The number of nitrogens with zero attached hydrogens (tertiary/aromatic N) is 2. The fraction of sp³-hybridized carbons (Fsp3) is 0.950. The molecule has 160 valence electrons. The number of rotatable bonds is 4. The molecule has 4 fully saturated rings. The minimum absolute atomic E-state index is 0.0274. The van der Waals surface area contributed by atoms with Crippen molar-refractivity contribution in [2.75, 3.05) is 33.2 Å². The van der Waals surface area contributed by atoms with Gasteiger partial charge in [0.15, 0.2) is 0 Å². The molecule has 0 spiro atoms. The van der Waals surface area contributed by atoms with E-state index in [-0.39, 0.29) is 23.1 Å². The van der Waals surface area contributed by atoms with E-state index in [1.54, 1.807) is 11.4 Å². The fourth-order valence-corrected chi connectivity index (χ4v) is 8.08. The van der Waals surface area contributed by atoms with Crippen LogP contribution in [0, 0.1) is 17.8 Å². The lowest BCUT2D eigenvalue weighted by molar-refractivity contribution is -0.125. The third kappa shape index (κ3) is 3.98. The van der Waals surface area contributed by atoms with Gasteiger partial charge in [-0.15, -0.1) is 0 Å². The van der Waals surface area contributed by atoms with Gasteiger partial charge in [-0.1, -0.05) is 19.3 Å². The lowest BCUT2D eigenvalue weighted by atomic mass is 9.75. The first kappa shape index (κ1) is 20.6. The van der Waals surface area contributed by atoms with Crippen LogP contribution in [0.25, 0.3) is 0 Å². The Labute approximate surface area is 169 Å². The molecular formula is C20H36N4O3S. The van der Waals surface area contributed by atoms with Gasteiger partial charge >= 0.3 is 0 Å². The number of hydrogen-bond acceptors (Lipinski definition) is 5. The topological polar surface area (TPSA) is 81.8 Å². The molecule has 7 nitrogen and oxygen atoms in total. The first-order chi connectivity index (χ1) is 13.5. The summed E-state index contributed by atoms with van der Waals surface area (Å²) in [5.74, 6) is 1.35. The molecule has 0 radical (unpaired) electrons. The average molecular weight is 413 g/mol. The van der Waals surface area contributed by atoms with Crippen LogP contribution in [0.3, 0.4) is 0 Å². The van der Waals surface area contributed by atoms with Crippen LogP contribution in [0.5, 0.6) is 0 Å². The Morgan fingerprint density at radius 2 is 1.64 bits per heavy atom. The SMILES string of the molecule is CNC(=O)C1CNN2CCC(C3CCN(S(=O)(=O)C4CCCCC4)CC3)CC12. The van der Waals surface area contributed by atoms with Gasteiger partial charge in [-0.25, -0.2) is 17.7 Å². The molecule has 0 aromatic carbocycles. The Kier molecular flexibility index (Phi) is 6.30. The molecule has 3 atom stereocenters. The predicted molar refractivity (Wildman–Crippen MR) is 109 cm³/mol. The Morgan fingerprint density at radius 1 is 0.964 bits per heavy atom. The van der Waals surface area contributed by atoms with Gasteiger partial charge in [0.05, 0.1) is 11.2 Å². The monoisotopic (exact) mass is 412 g/mol. The largest absolute Gasteiger partial charge is 0.359 e. The highest BCUT2D eigenvalue weighted by Gasteiger charge is 2.44. The molecule has 28 heavy (non-hydrogen) atoms. The van der Waals surface area contributed by atoms with E-state index in [1.807, 2.05) is 0 Å². The van der Waals surface area contributed by atoms with Crippen LogP contribution in [0.15, 0.2) is 0 Å². The van der Waals surface area contributed by atoms with Gasteiger partial charge < -0.3 is 5.32 Å². The van der Waals surface area contributed by atoms with Crippen molar-refractivity contribution in [1.29, 1.82) is 0 Å². The number of nitrogens with one attached hydrogen (secondary N) is 2. The third-order valence-corrected chi connectivity index (χ3v) is 10.1. The first-order valence-electron chi connectivity index (χ1n) is 11.2. The Hall–Kier alpha value is -0.700.